The van der Waals surface area contributed by atoms with E-state index in [1.807, 2.05) is 18.7 Å². The minimum atomic E-state index is -0.0537. The number of halogens is 1. The van der Waals surface area contributed by atoms with E-state index in [9.17, 15) is 0 Å². The second-order valence-electron chi connectivity index (χ2n) is 5.55. The predicted molar refractivity (Wildman–Crippen MR) is 81.1 cm³/mol. The summed E-state index contributed by atoms with van der Waals surface area (Å²) in [6.45, 7) is 7.89. The Morgan fingerprint density at radius 3 is 2.90 bits per heavy atom. The van der Waals surface area contributed by atoms with E-state index in [1.165, 1.54) is 0 Å². The van der Waals surface area contributed by atoms with Gasteiger partial charge in [-0.1, -0.05) is 18.5 Å². The Morgan fingerprint density at radius 1 is 1.55 bits per heavy atom. The second-order valence-corrected chi connectivity index (χ2v) is 5.93. The normalized spacial score (nSPS) is 22.1. The van der Waals surface area contributed by atoms with Gasteiger partial charge in [0.25, 0.3) is 0 Å². The Morgan fingerprint density at radius 2 is 2.30 bits per heavy atom. The van der Waals surface area contributed by atoms with Gasteiger partial charge >= 0.3 is 0 Å². The lowest BCUT2D eigenvalue weighted by Crippen LogP contribution is -2.51. The molecule has 1 saturated heterocycles. The quantitative estimate of drug-likeness (QED) is 0.892. The molecule has 1 aromatic rings. The van der Waals surface area contributed by atoms with Crippen LogP contribution in [0.25, 0.3) is 0 Å². The van der Waals surface area contributed by atoms with Crippen molar-refractivity contribution in [2.45, 2.75) is 38.8 Å². The lowest BCUT2D eigenvalue weighted by Gasteiger charge is -2.35. The number of morpholine rings is 1. The summed E-state index contributed by atoms with van der Waals surface area (Å²) < 4.78 is 7.66. The smallest absolute Gasteiger partial charge is 0.0856 e. The molecule has 0 spiro atoms. The third-order valence-corrected chi connectivity index (χ3v) is 4.38. The average Bonchev–Trinajstić information content (AvgIpc) is 2.66. The van der Waals surface area contributed by atoms with Crippen molar-refractivity contribution in [1.29, 1.82) is 0 Å². The van der Waals surface area contributed by atoms with Gasteiger partial charge in [-0.2, -0.15) is 5.10 Å². The highest BCUT2D eigenvalue weighted by Gasteiger charge is 2.27. The van der Waals surface area contributed by atoms with E-state index < -0.39 is 0 Å². The van der Waals surface area contributed by atoms with E-state index in [0.29, 0.717) is 6.42 Å². The number of ether oxygens (including phenoxy) is 1. The third-order valence-electron chi connectivity index (χ3n) is 3.89. The van der Waals surface area contributed by atoms with Crippen molar-refractivity contribution in [3.05, 3.63) is 16.4 Å². The molecule has 1 aliphatic heterocycles. The largest absolute Gasteiger partial charge is 0.374 e. The van der Waals surface area contributed by atoms with Crippen molar-refractivity contribution in [3.63, 3.8) is 0 Å². The molecular weight excluding hydrogens is 276 g/mol. The zero-order valence-electron chi connectivity index (χ0n) is 12.6. The highest BCUT2D eigenvalue weighted by molar-refractivity contribution is 6.31. The molecule has 114 valence electrons. The summed E-state index contributed by atoms with van der Waals surface area (Å²) >= 11 is 6.29. The van der Waals surface area contributed by atoms with Gasteiger partial charge in [0.15, 0.2) is 0 Å². The minimum Gasteiger partial charge on any atom is -0.374 e. The summed E-state index contributed by atoms with van der Waals surface area (Å²) in [7, 11) is 1.91. The van der Waals surface area contributed by atoms with Crippen LogP contribution in [-0.4, -0.2) is 53.1 Å². The van der Waals surface area contributed by atoms with E-state index in [4.69, 9.17) is 22.1 Å². The zero-order chi connectivity index (χ0) is 14.7. The monoisotopic (exact) mass is 300 g/mol. The Labute approximate surface area is 126 Å². The van der Waals surface area contributed by atoms with Crippen LogP contribution in [0.3, 0.4) is 0 Å². The Hall–Kier alpha value is -0.620. The van der Waals surface area contributed by atoms with Crippen molar-refractivity contribution < 1.29 is 4.74 Å². The van der Waals surface area contributed by atoms with E-state index in [2.05, 4.69) is 16.9 Å². The first-order valence-corrected chi connectivity index (χ1v) is 7.68. The predicted octanol–water partition coefficient (Wildman–Crippen LogP) is 1.36. The van der Waals surface area contributed by atoms with Crippen molar-refractivity contribution >= 4 is 11.6 Å². The molecule has 2 atom stereocenters. The van der Waals surface area contributed by atoms with Gasteiger partial charge in [-0.25, -0.2) is 0 Å². The topological polar surface area (TPSA) is 56.3 Å². The number of nitrogens with zero attached hydrogens (tertiary/aromatic N) is 3. The van der Waals surface area contributed by atoms with Crippen LogP contribution in [0.2, 0.25) is 5.02 Å². The van der Waals surface area contributed by atoms with Gasteiger partial charge in [0.05, 0.1) is 29.1 Å². The number of hydrogen-bond acceptors (Lipinski definition) is 4. The third kappa shape index (κ3) is 3.52. The first kappa shape index (κ1) is 15.8. The lowest BCUT2D eigenvalue weighted by atomic mass is 10.0. The molecule has 20 heavy (non-hydrogen) atoms. The van der Waals surface area contributed by atoms with Crippen LogP contribution in [0.5, 0.6) is 0 Å². The Kier molecular flexibility index (Phi) is 5.43. The van der Waals surface area contributed by atoms with Crippen LogP contribution in [0.4, 0.5) is 0 Å². The molecule has 1 aliphatic rings. The fourth-order valence-corrected chi connectivity index (χ4v) is 3.00. The molecule has 0 amide bonds. The summed E-state index contributed by atoms with van der Waals surface area (Å²) in [4.78, 5) is 2.42. The molecule has 2 rings (SSSR count). The molecule has 1 aromatic heterocycles. The highest BCUT2D eigenvalue weighted by Crippen LogP contribution is 2.22. The fraction of sp³-hybridized carbons (Fsp3) is 0.786. The van der Waals surface area contributed by atoms with Gasteiger partial charge in [-0.3, -0.25) is 9.58 Å². The minimum absolute atomic E-state index is 0.0537. The van der Waals surface area contributed by atoms with E-state index in [-0.39, 0.29) is 12.1 Å². The SMILES string of the molecule is CCCN1CCOC(C(N)Cc2c(Cl)c(C)nn2C)C1. The van der Waals surface area contributed by atoms with Crippen LogP contribution < -0.4 is 5.73 Å². The standard InChI is InChI=1S/C14H25ClN4O/c1-4-5-19-6-7-20-13(9-19)11(16)8-12-14(15)10(2)17-18(12)3/h11,13H,4-9,16H2,1-3H3. The van der Waals surface area contributed by atoms with Crippen LogP contribution in [0.1, 0.15) is 24.7 Å². The molecule has 2 unspecified atom stereocenters. The van der Waals surface area contributed by atoms with Crippen molar-refractivity contribution in [1.82, 2.24) is 14.7 Å². The molecular formula is C14H25ClN4O. The molecule has 0 radical (unpaired) electrons. The van der Waals surface area contributed by atoms with Crippen LogP contribution in [-0.2, 0) is 18.2 Å². The van der Waals surface area contributed by atoms with Crippen molar-refractivity contribution in [3.8, 4) is 0 Å². The number of hydrogen-bond donors (Lipinski definition) is 1. The van der Waals surface area contributed by atoms with E-state index >= 15 is 0 Å². The number of aromatic nitrogens is 2. The molecule has 5 nitrogen and oxygen atoms in total. The highest BCUT2D eigenvalue weighted by atomic mass is 35.5. The summed E-state index contributed by atoms with van der Waals surface area (Å²) in [5, 5.41) is 5.06. The summed E-state index contributed by atoms with van der Waals surface area (Å²) in [5.41, 5.74) is 8.18. The van der Waals surface area contributed by atoms with Crippen LogP contribution >= 0.6 is 11.6 Å². The zero-order valence-corrected chi connectivity index (χ0v) is 13.4. The average molecular weight is 301 g/mol. The molecule has 1 fully saturated rings. The van der Waals surface area contributed by atoms with E-state index in [1.54, 1.807) is 0 Å². The molecule has 0 saturated carbocycles. The second kappa shape index (κ2) is 6.89. The maximum atomic E-state index is 6.33. The lowest BCUT2D eigenvalue weighted by molar-refractivity contribution is -0.0402. The maximum absolute atomic E-state index is 6.33. The van der Waals surface area contributed by atoms with Gasteiger partial charge in [-0.15, -0.1) is 0 Å². The molecule has 6 heteroatoms. The molecule has 2 N–H and O–H groups in total. The van der Waals surface area contributed by atoms with Gasteiger partial charge < -0.3 is 10.5 Å². The molecule has 0 aromatic carbocycles. The Bertz CT molecular complexity index is 447. The van der Waals surface area contributed by atoms with Crippen LogP contribution in [0.15, 0.2) is 0 Å². The number of nitrogens with two attached hydrogens (primary N) is 1. The van der Waals surface area contributed by atoms with Crippen molar-refractivity contribution in [2.24, 2.45) is 12.8 Å². The van der Waals surface area contributed by atoms with Crippen LogP contribution in [0, 0.1) is 6.92 Å². The Balaban J connectivity index is 1.98. The maximum Gasteiger partial charge on any atom is 0.0856 e. The van der Waals surface area contributed by atoms with Gasteiger partial charge in [0.2, 0.25) is 0 Å². The summed E-state index contributed by atoms with van der Waals surface area (Å²) in [6.07, 6.45) is 1.93. The number of rotatable bonds is 5. The van der Waals surface area contributed by atoms with Gasteiger partial charge in [-0.05, 0) is 19.9 Å². The van der Waals surface area contributed by atoms with Gasteiger partial charge in [0.1, 0.15) is 0 Å². The van der Waals surface area contributed by atoms with E-state index in [0.717, 1.165) is 49.1 Å². The summed E-state index contributed by atoms with van der Waals surface area (Å²) in [6, 6.07) is -0.0537. The molecule has 0 aliphatic carbocycles. The van der Waals surface area contributed by atoms with Crippen molar-refractivity contribution in [2.75, 3.05) is 26.2 Å². The molecule has 0 bridgehead atoms. The first-order chi connectivity index (χ1) is 9.52. The summed E-state index contributed by atoms with van der Waals surface area (Å²) in [5.74, 6) is 0. The van der Waals surface area contributed by atoms with Gasteiger partial charge in [0, 0.05) is 32.6 Å². The fourth-order valence-electron chi connectivity index (χ4n) is 2.77. The first-order valence-electron chi connectivity index (χ1n) is 7.30. The molecule has 2 heterocycles. The number of aryl methyl sites for hydroxylation is 2.